The lowest BCUT2D eigenvalue weighted by Gasteiger charge is -2.31. The van der Waals surface area contributed by atoms with Gasteiger partial charge in [-0.1, -0.05) is 19.9 Å². The maximum atomic E-state index is 14.1. The van der Waals surface area contributed by atoms with Crippen LogP contribution in [0.5, 0.6) is 0 Å². The first-order valence-electron chi connectivity index (χ1n) is 12.9. The summed E-state index contributed by atoms with van der Waals surface area (Å²) in [6.45, 7) is 7.47. The number of hydrogen-bond acceptors (Lipinski definition) is 8. The van der Waals surface area contributed by atoms with Crippen LogP contribution in [0, 0.1) is 5.82 Å². The minimum Gasteiger partial charge on any atom is -0.461 e. The monoisotopic (exact) mass is 518 g/mol. The van der Waals surface area contributed by atoms with Gasteiger partial charge in [-0.3, -0.25) is 0 Å². The molecule has 0 aliphatic carbocycles. The maximum absolute atomic E-state index is 14.1. The fraction of sp³-hybridized carbons (Fsp3) is 0.393. The first kappa shape index (κ1) is 25.7. The predicted molar refractivity (Wildman–Crippen MR) is 142 cm³/mol. The highest BCUT2D eigenvalue weighted by molar-refractivity contribution is 6.00. The summed E-state index contributed by atoms with van der Waals surface area (Å²) in [6.07, 6.45) is 5.36. The van der Waals surface area contributed by atoms with Crippen LogP contribution in [0.1, 0.15) is 55.7 Å². The Labute approximate surface area is 220 Å². The Bertz CT molecular complexity index is 1450. The summed E-state index contributed by atoms with van der Waals surface area (Å²) < 4.78 is 26.5. The maximum Gasteiger partial charge on any atom is 0.357 e. The molecule has 1 aliphatic heterocycles. The summed E-state index contributed by atoms with van der Waals surface area (Å²) in [5.41, 5.74) is 3.27. The molecule has 5 rings (SSSR count). The van der Waals surface area contributed by atoms with Crippen LogP contribution in [0.15, 0.2) is 42.7 Å². The number of carbonyl (C=O) groups is 1. The van der Waals surface area contributed by atoms with Crippen molar-refractivity contribution < 1.29 is 18.7 Å². The molecule has 1 saturated heterocycles. The van der Waals surface area contributed by atoms with E-state index in [1.54, 1.807) is 42.2 Å². The van der Waals surface area contributed by atoms with Crippen molar-refractivity contribution in [3.05, 3.63) is 59.9 Å². The summed E-state index contributed by atoms with van der Waals surface area (Å²) in [7, 11) is 1.99. The third kappa shape index (κ3) is 4.96. The van der Waals surface area contributed by atoms with Gasteiger partial charge in [0.15, 0.2) is 11.3 Å². The van der Waals surface area contributed by atoms with Gasteiger partial charge in [0.1, 0.15) is 5.82 Å². The average Bonchev–Trinajstić information content (AvgIpc) is 3.33. The van der Waals surface area contributed by atoms with E-state index in [-0.39, 0.29) is 18.2 Å². The molecule has 1 aliphatic rings. The van der Waals surface area contributed by atoms with Crippen molar-refractivity contribution in [1.82, 2.24) is 24.7 Å². The number of nitrogens with zero attached hydrogens (tertiary/aromatic N) is 6. The fourth-order valence-electron chi connectivity index (χ4n) is 4.75. The summed E-state index contributed by atoms with van der Waals surface area (Å²) in [5, 5.41) is 5.57. The van der Waals surface area contributed by atoms with Crippen molar-refractivity contribution in [2.45, 2.75) is 45.6 Å². The lowest BCUT2D eigenvalue weighted by atomic mass is 9.99. The molecule has 1 aromatic carbocycles. The molecule has 0 bridgehead atoms. The summed E-state index contributed by atoms with van der Waals surface area (Å²) >= 11 is 0. The van der Waals surface area contributed by atoms with Gasteiger partial charge >= 0.3 is 5.97 Å². The van der Waals surface area contributed by atoms with E-state index in [9.17, 15) is 9.18 Å². The Morgan fingerprint density at radius 3 is 2.61 bits per heavy atom. The molecule has 0 atom stereocenters. The summed E-state index contributed by atoms with van der Waals surface area (Å²) in [6, 6.07) is 8.14. The van der Waals surface area contributed by atoms with Gasteiger partial charge in [-0.05, 0) is 49.9 Å². The molecule has 38 heavy (non-hydrogen) atoms. The highest BCUT2D eigenvalue weighted by atomic mass is 19.1. The lowest BCUT2D eigenvalue weighted by Crippen LogP contribution is -2.37. The highest BCUT2D eigenvalue weighted by Gasteiger charge is 2.25. The Balaban J connectivity index is 1.67. The summed E-state index contributed by atoms with van der Waals surface area (Å²) in [4.78, 5) is 28.9. The predicted octanol–water partition coefficient (Wildman–Crippen LogP) is 4.93. The molecule has 1 fully saturated rings. The van der Waals surface area contributed by atoms with Gasteiger partial charge < -0.3 is 14.4 Å². The van der Waals surface area contributed by atoms with Gasteiger partial charge in [0.2, 0.25) is 5.95 Å². The molecule has 9 nitrogen and oxygen atoms in total. The molecular formula is C28H31FN6O3. The number of halogens is 1. The second-order valence-electron chi connectivity index (χ2n) is 9.63. The number of benzene rings is 1. The Morgan fingerprint density at radius 1 is 1.21 bits per heavy atom. The van der Waals surface area contributed by atoms with Gasteiger partial charge in [0, 0.05) is 49.8 Å². The topological polar surface area (TPSA) is 95.3 Å². The SMILES string of the molecule is CCOC(=O)c1cc(-c2cnc(N(C)C3CCOCC3)nc2)c2c(C(C)C)nn(-c3cccc(F)c3)c2n1. The Hall–Kier alpha value is -3.92. The van der Waals surface area contributed by atoms with Crippen molar-refractivity contribution >= 4 is 23.0 Å². The molecular weight excluding hydrogens is 487 g/mol. The van der Waals surface area contributed by atoms with Crippen molar-refractivity contribution in [3.63, 3.8) is 0 Å². The molecule has 3 aromatic heterocycles. The second-order valence-corrected chi connectivity index (χ2v) is 9.63. The first-order valence-corrected chi connectivity index (χ1v) is 12.9. The van der Waals surface area contributed by atoms with E-state index in [0.29, 0.717) is 34.5 Å². The third-order valence-electron chi connectivity index (χ3n) is 6.75. The third-order valence-corrected chi connectivity index (χ3v) is 6.75. The number of anilines is 1. The lowest BCUT2D eigenvalue weighted by molar-refractivity contribution is 0.0520. The standard InChI is InChI=1S/C28H31FN6O3/c1-5-38-27(36)23-14-22(18-15-30-28(31-16-18)34(4)20-9-11-37-12-10-20)24-25(17(2)3)33-35(26(24)32-23)21-8-6-7-19(29)13-21/h6-8,13-17,20H,5,9-12H2,1-4H3. The van der Waals surface area contributed by atoms with Crippen LogP contribution in [-0.4, -0.2) is 63.6 Å². The molecule has 0 amide bonds. The molecule has 10 heteroatoms. The molecule has 198 valence electrons. The van der Waals surface area contributed by atoms with E-state index in [1.807, 2.05) is 20.9 Å². The van der Waals surface area contributed by atoms with Crippen LogP contribution < -0.4 is 4.90 Å². The van der Waals surface area contributed by atoms with Crippen LogP contribution in [0.4, 0.5) is 10.3 Å². The zero-order valence-corrected chi connectivity index (χ0v) is 22.0. The molecule has 0 N–H and O–H groups in total. The van der Waals surface area contributed by atoms with Crippen molar-refractivity contribution in [1.29, 1.82) is 0 Å². The van der Waals surface area contributed by atoms with Crippen molar-refractivity contribution in [3.8, 4) is 16.8 Å². The smallest absolute Gasteiger partial charge is 0.357 e. The molecule has 0 spiro atoms. The number of pyridine rings is 1. The van der Waals surface area contributed by atoms with E-state index in [4.69, 9.17) is 14.6 Å². The number of fused-ring (bicyclic) bond motifs is 1. The Kier molecular flexibility index (Phi) is 7.33. The summed E-state index contributed by atoms with van der Waals surface area (Å²) in [5.74, 6) is -0.292. The van der Waals surface area contributed by atoms with E-state index in [1.165, 1.54) is 12.1 Å². The molecule has 0 unspecified atom stereocenters. The number of aromatic nitrogens is 5. The minimum atomic E-state index is -0.550. The fourth-order valence-corrected chi connectivity index (χ4v) is 4.75. The van der Waals surface area contributed by atoms with Gasteiger partial charge in [-0.15, -0.1) is 0 Å². The highest BCUT2D eigenvalue weighted by Crippen LogP contribution is 2.35. The van der Waals surface area contributed by atoms with Crippen LogP contribution in [0.25, 0.3) is 27.8 Å². The zero-order chi connectivity index (χ0) is 26.8. The van der Waals surface area contributed by atoms with E-state index in [0.717, 1.165) is 37.1 Å². The van der Waals surface area contributed by atoms with Crippen molar-refractivity contribution in [2.75, 3.05) is 31.8 Å². The molecule has 4 heterocycles. The van der Waals surface area contributed by atoms with Crippen molar-refractivity contribution in [2.24, 2.45) is 0 Å². The normalized spacial score (nSPS) is 14.3. The average molecular weight is 519 g/mol. The Morgan fingerprint density at radius 2 is 1.95 bits per heavy atom. The zero-order valence-electron chi connectivity index (χ0n) is 22.0. The van der Waals surface area contributed by atoms with Gasteiger partial charge in [-0.2, -0.15) is 5.10 Å². The van der Waals surface area contributed by atoms with Crippen LogP contribution in [-0.2, 0) is 9.47 Å². The van der Waals surface area contributed by atoms with E-state index in [2.05, 4.69) is 19.9 Å². The number of esters is 1. The van der Waals surface area contributed by atoms with Gasteiger partial charge in [0.05, 0.1) is 23.4 Å². The number of ether oxygens (including phenoxy) is 2. The number of hydrogen-bond donors (Lipinski definition) is 0. The van der Waals surface area contributed by atoms with Crippen LogP contribution in [0.3, 0.4) is 0 Å². The second kappa shape index (κ2) is 10.8. The quantitative estimate of drug-likeness (QED) is 0.318. The largest absolute Gasteiger partial charge is 0.461 e. The minimum absolute atomic E-state index is 0.0288. The molecule has 4 aromatic rings. The van der Waals surface area contributed by atoms with Crippen LogP contribution >= 0.6 is 0 Å². The van der Waals surface area contributed by atoms with Crippen LogP contribution in [0.2, 0.25) is 0 Å². The van der Waals surface area contributed by atoms with E-state index >= 15 is 0 Å². The van der Waals surface area contributed by atoms with E-state index < -0.39 is 11.8 Å². The molecule has 0 saturated carbocycles. The number of carbonyl (C=O) groups excluding carboxylic acids is 1. The van der Waals surface area contributed by atoms with Gasteiger partial charge in [-0.25, -0.2) is 28.8 Å². The molecule has 0 radical (unpaired) electrons. The first-order chi connectivity index (χ1) is 18.4. The van der Waals surface area contributed by atoms with Gasteiger partial charge in [0.25, 0.3) is 0 Å². The number of rotatable bonds is 7.